The van der Waals surface area contributed by atoms with Crippen LogP contribution in [0.1, 0.15) is 18.9 Å². The standard InChI is InChI=1S/C25H27N3O4/c1-31-24(29)22-7-3-4-16-28(23(22)25(30)32-2)21-10-8-19(9-11-21)27-17-12-20(13-18-27)26-14-5-6-15-26/h3-11,14-16,20H,12-13,17-18H2,1-2H3. The second-order valence-corrected chi connectivity index (χ2v) is 7.68. The van der Waals surface area contributed by atoms with E-state index in [0.29, 0.717) is 6.04 Å². The number of nitrogens with zero attached hydrogens (tertiary/aromatic N) is 3. The van der Waals surface area contributed by atoms with Crippen LogP contribution in [0.3, 0.4) is 0 Å². The van der Waals surface area contributed by atoms with Crippen LogP contribution in [0.15, 0.2) is 84.5 Å². The zero-order valence-corrected chi connectivity index (χ0v) is 18.3. The molecule has 2 aliphatic rings. The molecular weight excluding hydrogens is 406 g/mol. The molecule has 1 fully saturated rings. The van der Waals surface area contributed by atoms with Crippen molar-refractivity contribution in [2.24, 2.45) is 0 Å². The molecule has 32 heavy (non-hydrogen) atoms. The van der Waals surface area contributed by atoms with Gasteiger partial charge in [0.2, 0.25) is 0 Å². The van der Waals surface area contributed by atoms with Crippen LogP contribution in [-0.2, 0) is 19.1 Å². The summed E-state index contributed by atoms with van der Waals surface area (Å²) < 4.78 is 12.1. The van der Waals surface area contributed by atoms with Gasteiger partial charge in [-0.15, -0.1) is 0 Å². The molecule has 2 aromatic rings. The van der Waals surface area contributed by atoms with Crippen molar-refractivity contribution in [2.45, 2.75) is 18.9 Å². The SMILES string of the molecule is COC(=O)C1=C(C(=O)OC)N(c2ccc(N3CCC(n4cccc4)CC3)cc2)C=CC=C1. The molecule has 1 aromatic heterocycles. The highest BCUT2D eigenvalue weighted by Gasteiger charge is 2.27. The molecule has 0 atom stereocenters. The van der Waals surface area contributed by atoms with Gasteiger partial charge in [0.1, 0.15) is 5.70 Å². The van der Waals surface area contributed by atoms with Gasteiger partial charge in [-0.3, -0.25) is 0 Å². The van der Waals surface area contributed by atoms with Gasteiger partial charge < -0.3 is 23.8 Å². The highest BCUT2D eigenvalue weighted by atomic mass is 16.5. The Bertz CT molecular complexity index is 1040. The highest BCUT2D eigenvalue weighted by molar-refractivity contribution is 6.05. The number of anilines is 2. The number of hydrogen-bond donors (Lipinski definition) is 0. The fourth-order valence-corrected chi connectivity index (χ4v) is 4.20. The van der Waals surface area contributed by atoms with Crippen molar-refractivity contribution in [1.82, 2.24) is 4.57 Å². The third-order valence-corrected chi connectivity index (χ3v) is 5.90. The van der Waals surface area contributed by atoms with Gasteiger partial charge in [0.05, 0.1) is 19.8 Å². The quantitative estimate of drug-likeness (QED) is 0.668. The van der Waals surface area contributed by atoms with E-state index in [1.807, 2.05) is 24.3 Å². The van der Waals surface area contributed by atoms with Crippen LogP contribution < -0.4 is 9.80 Å². The first-order chi connectivity index (χ1) is 15.6. The van der Waals surface area contributed by atoms with Gasteiger partial charge in [-0.2, -0.15) is 0 Å². The molecule has 166 valence electrons. The number of hydrogen-bond acceptors (Lipinski definition) is 6. The summed E-state index contributed by atoms with van der Waals surface area (Å²) in [5.41, 5.74) is 2.14. The number of ether oxygens (including phenoxy) is 2. The lowest BCUT2D eigenvalue weighted by Gasteiger charge is -2.34. The predicted octanol–water partition coefficient (Wildman–Crippen LogP) is 3.82. The minimum absolute atomic E-state index is 0.115. The van der Waals surface area contributed by atoms with E-state index in [4.69, 9.17) is 9.47 Å². The minimum atomic E-state index is -0.613. The van der Waals surface area contributed by atoms with Gasteiger partial charge in [-0.05, 0) is 61.4 Å². The van der Waals surface area contributed by atoms with Crippen molar-refractivity contribution >= 4 is 23.3 Å². The number of rotatable bonds is 5. The highest BCUT2D eigenvalue weighted by Crippen LogP contribution is 2.30. The number of methoxy groups -OCH3 is 2. The number of piperidine rings is 1. The maximum Gasteiger partial charge on any atom is 0.355 e. The molecule has 1 aromatic carbocycles. The molecule has 0 bridgehead atoms. The largest absolute Gasteiger partial charge is 0.465 e. The van der Waals surface area contributed by atoms with E-state index in [0.717, 1.165) is 37.3 Å². The third-order valence-electron chi connectivity index (χ3n) is 5.90. The molecule has 7 nitrogen and oxygen atoms in total. The van der Waals surface area contributed by atoms with Gasteiger partial charge in [0.15, 0.2) is 0 Å². The van der Waals surface area contributed by atoms with Crippen molar-refractivity contribution in [3.63, 3.8) is 0 Å². The third kappa shape index (κ3) is 4.32. The predicted molar refractivity (Wildman–Crippen MR) is 123 cm³/mol. The summed E-state index contributed by atoms with van der Waals surface area (Å²) in [6.07, 6.45) is 13.2. The molecule has 1 saturated heterocycles. The molecule has 3 heterocycles. The summed E-state index contributed by atoms with van der Waals surface area (Å²) in [4.78, 5) is 28.9. The van der Waals surface area contributed by atoms with Crippen molar-refractivity contribution in [3.8, 4) is 0 Å². The Morgan fingerprint density at radius 1 is 0.875 bits per heavy atom. The normalized spacial score (nSPS) is 16.8. The molecule has 0 saturated carbocycles. The number of carbonyl (C=O) groups is 2. The average Bonchev–Trinajstić information content (AvgIpc) is 3.29. The van der Waals surface area contributed by atoms with Gasteiger partial charge in [0.25, 0.3) is 0 Å². The van der Waals surface area contributed by atoms with Gasteiger partial charge in [0, 0.05) is 49.1 Å². The first-order valence-corrected chi connectivity index (χ1v) is 10.6. The smallest absolute Gasteiger partial charge is 0.355 e. The zero-order valence-electron chi connectivity index (χ0n) is 18.3. The van der Waals surface area contributed by atoms with E-state index < -0.39 is 11.9 Å². The Labute approximate surface area is 187 Å². The number of benzene rings is 1. The van der Waals surface area contributed by atoms with Crippen LogP contribution in [0, 0.1) is 0 Å². The Hall–Kier alpha value is -3.74. The Kier molecular flexibility index (Phi) is 6.44. The van der Waals surface area contributed by atoms with Crippen LogP contribution >= 0.6 is 0 Å². The molecule has 0 N–H and O–H groups in total. The second-order valence-electron chi connectivity index (χ2n) is 7.68. The van der Waals surface area contributed by atoms with Crippen molar-refractivity contribution < 1.29 is 19.1 Å². The molecule has 0 spiro atoms. The van der Waals surface area contributed by atoms with E-state index in [-0.39, 0.29) is 11.3 Å². The molecular formula is C25H27N3O4. The fraction of sp³-hybridized carbons (Fsp3) is 0.280. The Morgan fingerprint density at radius 3 is 2.12 bits per heavy atom. The van der Waals surface area contributed by atoms with E-state index >= 15 is 0 Å². The first-order valence-electron chi connectivity index (χ1n) is 10.6. The van der Waals surface area contributed by atoms with Crippen LogP contribution in [0.25, 0.3) is 0 Å². The molecule has 0 radical (unpaired) electrons. The molecule has 0 aliphatic carbocycles. The Morgan fingerprint density at radius 2 is 1.50 bits per heavy atom. The molecule has 2 aliphatic heterocycles. The first kappa shape index (κ1) is 21.5. The van der Waals surface area contributed by atoms with E-state index in [2.05, 4.69) is 34.0 Å². The molecule has 4 rings (SSSR count). The average molecular weight is 434 g/mol. The van der Waals surface area contributed by atoms with Crippen LogP contribution in [0.4, 0.5) is 11.4 Å². The van der Waals surface area contributed by atoms with Crippen LogP contribution in [-0.4, -0.2) is 43.8 Å². The summed E-state index contributed by atoms with van der Waals surface area (Å²) in [6, 6.07) is 12.7. The van der Waals surface area contributed by atoms with Crippen LogP contribution in [0.2, 0.25) is 0 Å². The number of allylic oxidation sites excluding steroid dienone is 2. The molecule has 0 amide bonds. The fourth-order valence-electron chi connectivity index (χ4n) is 4.20. The minimum Gasteiger partial charge on any atom is -0.465 e. The number of esters is 2. The number of carbonyl (C=O) groups excluding carboxylic acids is 2. The van der Waals surface area contributed by atoms with Crippen molar-refractivity contribution in [1.29, 1.82) is 0 Å². The Balaban J connectivity index is 1.55. The van der Waals surface area contributed by atoms with E-state index in [9.17, 15) is 9.59 Å². The van der Waals surface area contributed by atoms with Gasteiger partial charge in [-0.25, -0.2) is 9.59 Å². The maximum absolute atomic E-state index is 12.6. The summed E-state index contributed by atoms with van der Waals surface area (Å²) in [5.74, 6) is -1.21. The summed E-state index contributed by atoms with van der Waals surface area (Å²) in [6.45, 7) is 1.96. The molecule has 7 heteroatoms. The number of aromatic nitrogens is 1. The van der Waals surface area contributed by atoms with Gasteiger partial charge >= 0.3 is 11.9 Å². The van der Waals surface area contributed by atoms with E-state index in [1.165, 1.54) is 14.2 Å². The lowest BCUT2D eigenvalue weighted by molar-refractivity contribution is -0.139. The summed E-state index contributed by atoms with van der Waals surface area (Å²) in [7, 11) is 2.58. The van der Waals surface area contributed by atoms with Gasteiger partial charge in [-0.1, -0.05) is 6.08 Å². The van der Waals surface area contributed by atoms with Crippen LogP contribution in [0.5, 0.6) is 0 Å². The summed E-state index contributed by atoms with van der Waals surface area (Å²) in [5, 5.41) is 0. The van der Waals surface area contributed by atoms with Crippen molar-refractivity contribution in [2.75, 3.05) is 37.1 Å². The maximum atomic E-state index is 12.6. The van der Waals surface area contributed by atoms with E-state index in [1.54, 1.807) is 29.3 Å². The monoisotopic (exact) mass is 433 g/mol. The second kappa shape index (κ2) is 9.60. The topological polar surface area (TPSA) is 64.0 Å². The zero-order chi connectivity index (χ0) is 22.5. The lowest BCUT2D eigenvalue weighted by atomic mass is 10.0. The van der Waals surface area contributed by atoms with Crippen molar-refractivity contribution in [3.05, 3.63) is 84.5 Å². The molecule has 0 unspecified atom stereocenters. The summed E-state index contributed by atoms with van der Waals surface area (Å²) >= 11 is 0. The lowest BCUT2D eigenvalue weighted by Crippen LogP contribution is -2.34.